The van der Waals surface area contributed by atoms with Gasteiger partial charge < -0.3 is 9.72 Å². The Labute approximate surface area is 164 Å². The molecule has 0 aliphatic rings. The summed E-state index contributed by atoms with van der Waals surface area (Å²) in [4.78, 5) is 13.9. The van der Waals surface area contributed by atoms with Crippen molar-refractivity contribution in [1.82, 2.24) is 4.98 Å². The summed E-state index contributed by atoms with van der Waals surface area (Å²) in [5, 5.41) is 3.99. The number of H-pyrrole nitrogens is 1. The van der Waals surface area contributed by atoms with E-state index in [9.17, 15) is 9.00 Å². The Hall–Kier alpha value is -2.08. The summed E-state index contributed by atoms with van der Waals surface area (Å²) in [7, 11) is 0. The lowest BCUT2D eigenvalue weighted by Gasteiger charge is -2.06. The lowest BCUT2D eigenvalue weighted by Crippen LogP contribution is -2.02. The largest absolute Gasteiger partial charge is 0.494 e. The molecule has 4 nitrogen and oxygen atoms in total. The maximum absolute atomic E-state index is 11.1. The molecule has 2 aromatic carbocycles. The third-order valence-corrected chi connectivity index (χ3v) is 4.18. The van der Waals surface area contributed by atoms with E-state index < -0.39 is 0 Å². The second-order valence-electron chi connectivity index (χ2n) is 5.26. The zero-order valence-electron chi connectivity index (χ0n) is 13.8. The molecule has 0 aliphatic carbocycles. The van der Waals surface area contributed by atoms with Crippen LogP contribution >= 0.6 is 23.2 Å². The van der Waals surface area contributed by atoms with Crippen molar-refractivity contribution < 1.29 is 8.95 Å². The Kier molecular flexibility index (Phi) is 8.41. The second-order valence-corrected chi connectivity index (χ2v) is 6.66. The van der Waals surface area contributed by atoms with Crippen LogP contribution in [0.5, 0.6) is 5.75 Å². The lowest BCUT2D eigenvalue weighted by atomic mass is 10.2. The predicted octanol–water partition coefficient (Wildman–Crippen LogP) is 4.70. The molecule has 0 aliphatic heterocycles. The van der Waals surface area contributed by atoms with Gasteiger partial charge in [0.2, 0.25) is 5.56 Å². The summed E-state index contributed by atoms with van der Waals surface area (Å²) in [5.74, 6) is 0.768. The number of benzene rings is 2. The van der Waals surface area contributed by atoms with Crippen molar-refractivity contribution in [2.24, 2.45) is 0 Å². The number of aromatic nitrogens is 1. The van der Waals surface area contributed by atoms with E-state index in [1.807, 2.05) is 18.2 Å². The van der Waals surface area contributed by atoms with Gasteiger partial charge >= 0.3 is 0 Å². The molecule has 0 spiro atoms. The van der Waals surface area contributed by atoms with Gasteiger partial charge in [-0.1, -0.05) is 23.2 Å². The van der Waals surface area contributed by atoms with Crippen LogP contribution in [0, 0.1) is 0 Å². The lowest BCUT2D eigenvalue weighted by molar-refractivity contribution is 0.314. The SMILES string of the molecule is Clc1ccc(Cl)cc1.O=S=CCCCOc1ccc2[nH]c(=O)ccc2c1. The second kappa shape index (κ2) is 10.8. The fourth-order valence-electron chi connectivity index (χ4n) is 2.06. The van der Waals surface area contributed by atoms with Crippen molar-refractivity contribution >= 4 is 50.7 Å². The molecule has 26 heavy (non-hydrogen) atoms. The van der Waals surface area contributed by atoms with Crippen molar-refractivity contribution in [2.45, 2.75) is 12.8 Å². The van der Waals surface area contributed by atoms with Gasteiger partial charge in [-0.2, -0.15) is 0 Å². The minimum Gasteiger partial charge on any atom is -0.494 e. The molecule has 1 heterocycles. The molecule has 136 valence electrons. The van der Waals surface area contributed by atoms with Gasteiger partial charge in [-0.15, -0.1) is 0 Å². The first-order valence-electron chi connectivity index (χ1n) is 7.86. The van der Waals surface area contributed by atoms with E-state index in [0.717, 1.165) is 39.5 Å². The molecule has 3 aromatic rings. The number of fused-ring (bicyclic) bond motifs is 1. The molecule has 0 atom stereocenters. The van der Waals surface area contributed by atoms with Crippen LogP contribution in [-0.4, -0.2) is 21.2 Å². The summed E-state index contributed by atoms with van der Waals surface area (Å²) in [6, 6.07) is 15.8. The molecule has 7 heteroatoms. The molecular formula is C19H17Cl2NO3S. The van der Waals surface area contributed by atoms with E-state index >= 15 is 0 Å². The fraction of sp³-hybridized carbons (Fsp3) is 0.158. The molecule has 0 fully saturated rings. The first-order chi connectivity index (χ1) is 12.6. The van der Waals surface area contributed by atoms with Crippen LogP contribution in [0.25, 0.3) is 10.9 Å². The molecule has 1 N–H and O–H groups in total. The standard InChI is InChI=1S/C13H13NO3S.C6H4Cl2/c15-13-6-3-10-9-11(4-5-12(10)14-13)17-7-1-2-8-18-16;7-5-1-2-6(8)4-3-5/h3-6,8-9H,1-2,7H2,(H,14,15);1-4H. The van der Waals surface area contributed by atoms with Crippen LogP contribution in [0.3, 0.4) is 0 Å². The van der Waals surface area contributed by atoms with Gasteiger partial charge in [-0.3, -0.25) is 4.79 Å². The highest BCUT2D eigenvalue weighted by molar-refractivity contribution is 7.64. The number of nitrogens with one attached hydrogen (secondary N) is 1. The normalized spacial score (nSPS) is 9.92. The number of aromatic amines is 1. The summed E-state index contributed by atoms with van der Waals surface area (Å²) < 4.78 is 15.7. The van der Waals surface area contributed by atoms with Crippen LogP contribution in [0.4, 0.5) is 0 Å². The first-order valence-corrected chi connectivity index (χ1v) is 9.42. The first kappa shape index (κ1) is 20.2. The monoisotopic (exact) mass is 409 g/mol. The number of rotatable bonds is 5. The highest BCUT2D eigenvalue weighted by atomic mass is 35.5. The number of hydrogen-bond donors (Lipinski definition) is 1. The molecular weight excluding hydrogens is 393 g/mol. The molecule has 3 rings (SSSR count). The minimum absolute atomic E-state index is 0.109. The van der Waals surface area contributed by atoms with Gasteiger partial charge in [-0.25, -0.2) is 4.21 Å². The molecule has 1 aromatic heterocycles. The highest BCUT2D eigenvalue weighted by Gasteiger charge is 1.98. The Morgan fingerprint density at radius 3 is 2.35 bits per heavy atom. The molecule has 0 saturated heterocycles. The van der Waals surface area contributed by atoms with Gasteiger partial charge in [0.05, 0.1) is 17.9 Å². The number of hydrogen-bond acceptors (Lipinski definition) is 3. The summed E-state index contributed by atoms with van der Waals surface area (Å²) in [6.45, 7) is 0.575. The van der Waals surface area contributed by atoms with Crippen molar-refractivity contribution in [3.8, 4) is 5.75 Å². The van der Waals surface area contributed by atoms with E-state index in [4.69, 9.17) is 27.9 Å². The van der Waals surface area contributed by atoms with Gasteiger partial charge in [0, 0.05) is 32.4 Å². The van der Waals surface area contributed by atoms with E-state index in [2.05, 4.69) is 4.98 Å². The Morgan fingerprint density at radius 1 is 1.00 bits per heavy atom. The maximum Gasteiger partial charge on any atom is 0.248 e. The predicted molar refractivity (Wildman–Crippen MR) is 110 cm³/mol. The smallest absolute Gasteiger partial charge is 0.248 e. The average Bonchev–Trinajstić information content (AvgIpc) is 2.64. The quantitative estimate of drug-likeness (QED) is 0.490. The van der Waals surface area contributed by atoms with E-state index in [0.29, 0.717) is 17.9 Å². The third-order valence-electron chi connectivity index (χ3n) is 3.30. The van der Waals surface area contributed by atoms with Crippen LogP contribution in [0.15, 0.2) is 59.4 Å². The van der Waals surface area contributed by atoms with Crippen LogP contribution < -0.4 is 10.3 Å². The Bertz CT molecular complexity index is 930. The Morgan fingerprint density at radius 2 is 1.69 bits per heavy atom. The molecule has 0 unspecified atom stereocenters. The molecule has 0 radical (unpaired) electrons. The van der Waals surface area contributed by atoms with Crippen LogP contribution in [-0.2, 0) is 11.3 Å². The van der Waals surface area contributed by atoms with Gasteiger partial charge in [0.1, 0.15) is 5.75 Å². The number of halogens is 2. The number of ether oxygens (including phenoxy) is 1. The van der Waals surface area contributed by atoms with Crippen LogP contribution in [0.1, 0.15) is 12.8 Å². The zero-order chi connectivity index (χ0) is 18.8. The summed E-state index contributed by atoms with van der Waals surface area (Å²) in [6.07, 6.45) is 1.56. The van der Waals surface area contributed by atoms with Crippen molar-refractivity contribution in [3.05, 3.63) is 75.0 Å². The summed E-state index contributed by atoms with van der Waals surface area (Å²) in [5.41, 5.74) is 0.688. The fourth-order valence-corrected chi connectivity index (χ4v) is 2.57. The third kappa shape index (κ3) is 7.04. The van der Waals surface area contributed by atoms with Gasteiger partial charge in [-0.05, 0) is 61.4 Å². The number of pyridine rings is 1. The van der Waals surface area contributed by atoms with Crippen LogP contribution in [0.2, 0.25) is 10.0 Å². The maximum atomic E-state index is 11.1. The van der Waals surface area contributed by atoms with Gasteiger partial charge in [0.15, 0.2) is 0 Å². The highest BCUT2D eigenvalue weighted by Crippen LogP contribution is 2.18. The average molecular weight is 410 g/mol. The Balaban J connectivity index is 0.000000254. The minimum atomic E-state index is -0.109. The van der Waals surface area contributed by atoms with E-state index in [1.54, 1.807) is 35.7 Å². The molecule has 0 amide bonds. The molecule has 0 saturated carbocycles. The zero-order valence-corrected chi connectivity index (χ0v) is 16.1. The van der Waals surface area contributed by atoms with Crippen molar-refractivity contribution in [2.75, 3.05) is 6.61 Å². The molecule has 0 bridgehead atoms. The van der Waals surface area contributed by atoms with Crippen molar-refractivity contribution in [3.63, 3.8) is 0 Å². The van der Waals surface area contributed by atoms with Gasteiger partial charge in [0.25, 0.3) is 0 Å². The summed E-state index contributed by atoms with van der Waals surface area (Å²) >= 11 is 11.6. The number of unbranched alkanes of at least 4 members (excludes halogenated alkanes) is 1. The van der Waals surface area contributed by atoms with Crippen molar-refractivity contribution in [1.29, 1.82) is 0 Å². The van der Waals surface area contributed by atoms with E-state index in [1.165, 1.54) is 6.07 Å². The van der Waals surface area contributed by atoms with E-state index in [-0.39, 0.29) is 5.56 Å². The topological polar surface area (TPSA) is 59.2 Å².